The first kappa shape index (κ1) is 36.0. The molecule has 0 aliphatic heterocycles. The van der Waals surface area contributed by atoms with E-state index >= 15 is 0 Å². The van der Waals surface area contributed by atoms with E-state index in [1.165, 1.54) is 89.9 Å². The van der Waals surface area contributed by atoms with Crippen LogP contribution >= 0.6 is 20.2 Å². The molecule has 0 bridgehead atoms. The molecule has 0 unspecified atom stereocenters. The fourth-order valence-corrected chi connectivity index (χ4v) is 4.44. The Labute approximate surface area is 257 Å². The maximum Gasteiger partial charge on any atom is 1.00 e. The van der Waals surface area contributed by atoms with Crippen molar-refractivity contribution in [1.29, 1.82) is 0 Å². The molecule has 0 aliphatic carbocycles. The second-order valence-electron chi connectivity index (χ2n) is 7.94. The third-order valence-electron chi connectivity index (χ3n) is 5.27. The number of rotatable bonds is 19. The van der Waals surface area contributed by atoms with Crippen LogP contribution in [0, 0.1) is 0 Å². The molecule has 0 aliphatic rings. The monoisotopic (exact) mass is 583 g/mol. The van der Waals surface area contributed by atoms with Crippen LogP contribution in [0.3, 0.4) is 0 Å². The van der Waals surface area contributed by atoms with Gasteiger partial charge < -0.3 is 1.43 Å². The summed E-state index contributed by atoms with van der Waals surface area (Å²) in [7, 11) is 5.76. The Morgan fingerprint density at radius 1 is 0.719 bits per heavy atom. The van der Waals surface area contributed by atoms with E-state index in [0.29, 0.717) is 0 Å². The Hall–Kier alpha value is 1.87. The second kappa shape index (κ2) is 27.5. The van der Waals surface area contributed by atoms with E-state index < -0.39 is 10.1 Å². The molecule has 32 heavy (non-hydrogen) atoms. The zero-order valence-electron chi connectivity index (χ0n) is 21.1. The molecule has 0 atom stereocenters. The average molecular weight is 585 g/mol. The molecule has 1 aromatic carbocycles. The first-order chi connectivity index (χ1) is 15.1. The van der Waals surface area contributed by atoms with Crippen molar-refractivity contribution in [1.82, 2.24) is 0 Å². The molecular formula is C24H43Cl2CuKO3S. The van der Waals surface area contributed by atoms with Crippen molar-refractivity contribution in [2.24, 2.45) is 0 Å². The van der Waals surface area contributed by atoms with Gasteiger partial charge in [0.2, 0.25) is 0 Å². The van der Waals surface area contributed by atoms with Crippen LogP contribution in [0.5, 0.6) is 0 Å². The molecule has 0 saturated carbocycles. The van der Waals surface area contributed by atoms with Crippen molar-refractivity contribution in [3.05, 3.63) is 30.3 Å². The number of benzene rings is 1. The van der Waals surface area contributed by atoms with Gasteiger partial charge in [-0.25, -0.2) is 0 Å². The summed E-state index contributed by atoms with van der Waals surface area (Å²) >= 11 is 0.757. The molecule has 0 heterocycles. The normalized spacial score (nSPS) is 11.0. The SMILES string of the molecule is CCCCCCCCCCCCCCCCCCOS(=O)(=O)c1ccccc1.[Cl][Cu][Cl].[H-].[K+]. The minimum absolute atomic E-state index is 0. The van der Waals surface area contributed by atoms with E-state index in [9.17, 15) is 8.42 Å². The molecule has 0 N–H and O–H groups in total. The Morgan fingerprint density at radius 3 is 1.44 bits per heavy atom. The summed E-state index contributed by atoms with van der Waals surface area (Å²) in [5.74, 6) is 0. The Kier molecular flexibility index (Phi) is 30.9. The fraction of sp³-hybridized carbons (Fsp3) is 0.750. The number of hydrogen-bond donors (Lipinski definition) is 0. The summed E-state index contributed by atoms with van der Waals surface area (Å²) in [4.78, 5) is 0.242. The third kappa shape index (κ3) is 23.6. The van der Waals surface area contributed by atoms with Gasteiger partial charge in [-0.3, -0.25) is 4.18 Å². The first-order valence-electron chi connectivity index (χ1n) is 11.8. The van der Waals surface area contributed by atoms with Crippen LogP contribution in [-0.4, -0.2) is 15.0 Å². The van der Waals surface area contributed by atoms with Crippen molar-refractivity contribution in [2.75, 3.05) is 6.61 Å². The van der Waals surface area contributed by atoms with Gasteiger partial charge in [0.15, 0.2) is 0 Å². The Morgan fingerprint density at radius 2 is 1.06 bits per heavy atom. The maximum atomic E-state index is 12.0. The van der Waals surface area contributed by atoms with E-state index in [0.717, 1.165) is 26.0 Å². The van der Waals surface area contributed by atoms with Gasteiger partial charge in [0, 0.05) is 0 Å². The minimum Gasteiger partial charge on any atom is -1.00 e. The molecule has 0 aromatic heterocycles. The third-order valence-corrected chi connectivity index (χ3v) is 6.59. The Balaban J connectivity index is -0.00000170. The summed E-state index contributed by atoms with van der Waals surface area (Å²) in [6, 6.07) is 8.37. The van der Waals surface area contributed by atoms with Gasteiger partial charge in [0.1, 0.15) is 0 Å². The minimum atomic E-state index is -3.58. The largest absolute Gasteiger partial charge is 1.00 e. The van der Waals surface area contributed by atoms with E-state index in [4.69, 9.17) is 4.18 Å². The van der Waals surface area contributed by atoms with Crippen molar-refractivity contribution in [2.45, 2.75) is 115 Å². The molecule has 0 amide bonds. The summed E-state index contributed by atoms with van der Waals surface area (Å²) in [5, 5.41) is 0. The molecule has 0 fully saturated rings. The standard InChI is InChI=1S/C24H42O3S.2ClH.Cu.K.H/c1-2-3-4-5-6-7-8-9-10-11-12-13-14-15-16-20-23-27-28(25,26)24-21-18-17-19-22-24;;;;;/h17-19,21-22H,2-16,20,23H2,1H3;2*1H;;;/q;;;+2;+1;-1/p-2. The Bertz CT molecular complexity index is 599. The fourth-order valence-electron chi connectivity index (χ4n) is 3.47. The predicted octanol–water partition coefficient (Wildman–Crippen LogP) is 6.15. The van der Waals surface area contributed by atoms with Crippen molar-refractivity contribution in [3.8, 4) is 0 Å². The van der Waals surface area contributed by atoms with Crippen LogP contribution in [0.4, 0.5) is 0 Å². The molecule has 189 valence electrons. The zero-order chi connectivity index (χ0) is 23.0. The molecule has 1 aromatic rings. The van der Waals surface area contributed by atoms with Crippen molar-refractivity contribution in [3.63, 3.8) is 0 Å². The molecule has 0 spiro atoms. The van der Waals surface area contributed by atoms with Crippen LogP contribution in [0.15, 0.2) is 35.2 Å². The van der Waals surface area contributed by atoms with Gasteiger partial charge in [-0.1, -0.05) is 121 Å². The summed E-state index contributed by atoms with van der Waals surface area (Å²) in [6.07, 6.45) is 20.9. The van der Waals surface area contributed by atoms with Gasteiger partial charge >= 0.3 is 84.7 Å². The van der Waals surface area contributed by atoms with Crippen molar-refractivity contribution >= 4 is 30.3 Å². The average Bonchev–Trinajstić information content (AvgIpc) is 2.77. The van der Waals surface area contributed by atoms with Crippen LogP contribution in [-0.2, 0) is 27.4 Å². The van der Waals surface area contributed by atoms with Gasteiger partial charge in [0.25, 0.3) is 10.1 Å². The maximum absolute atomic E-state index is 12.0. The first-order valence-corrected chi connectivity index (χ1v) is 15.8. The second-order valence-corrected chi connectivity index (χ2v) is 11.1. The van der Waals surface area contributed by atoms with Crippen LogP contribution < -0.4 is 51.4 Å². The molecule has 0 radical (unpaired) electrons. The molecule has 8 heteroatoms. The van der Waals surface area contributed by atoms with Gasteiger partial charge in [-0.15, -0.1) is 0 Å². The molecule has 0 saturated heterocycles. The number of hydrogen-bond acceptors (Lipinski definition) is 3. The summed E-state index contributed by atoms with van der Waals surface area (Å²) in [5.41, 5.74) is 0. The number of unbranched alkanes of at least 4 members (excludes halogenated alkanes) is 15. The van der Waals surface area contributed by atoms with E-state index in [2.05, 4.69) is 27.1 Å². The number of halogens is 2. The van der Waals surface area contributed by atoms with E-state index in [1.807, 2.05) is 0 Å². The summed E-state index contributed by atoms with van der Waals surface area (Å²) in [6.45, 7) is 2.56. The van der Waals surface area contributed by atoms with Crippen molar-refractivity contribution < 1.29 is 78.5 Å². The van der Waals surface area contributed by atoms with Gasteiger partial charge in [-0.05, 0) is 18.6 Å². The smallest absolute Gasteiger partial charge is 1.00 e. The van der Waals surface area contributed by atoms with Gasteiger partial charge in [-0.2, -0.15) is 8.42 Å². The zero-order valence-corrected chi connectivity index (χ0v) is 26.5. The van der Waals surface area contributed by atoms with Gasteiger partial charge in [0.05, 0.1) is 11.5 Å². The molecule has 1 rings (SSSR count). The summed E-state index contributed by atoms with van der Waals surface area (Å²) < 4.78 is 29.0. The van der Waals surface area contributed by atoms with Crippen LogP contribution in [0.25, 0.3) is 0 Å². The quantitative estimate of drug-likeness (QED) is 0.111. The van der Waals surface area contributed by atoms with E-state index in [-0.39, 0.29) is 64.3 Å². The van der Waals surface area contributed by atoms with Crippen LogP contribution in [0.2, 0.25) is 0 Å². The molecular weight excluding hydrogens is 542 g/mol. The van der Waals surface area contributed by atoms with Crippen LogP contribution in [0.1, 0.15) is 111 Å². The predicted molar refractivity (Wildman–Crippen MR) is 132 cm³/mol. The van der Waals surface area contributed by atoms with E-state index in [1.54, 1.807) is 30.3 Å². The topological polar surface area (TPSA) is 43.4 Å². The molecule has 3 nitrogen and oxygen atoms in total.